The molecule has 0 unspecified atom stereocenters. The molecule has 0 aromatic rings. The second-order valence-corrected chi connectivity index (χ2v) is 5.88. The second kappa shape index (κ2) is 6.27. The van der Waals surface area contributed by atoms with Crippen molar-refractivity contribution in [3.05, 3.63) is 6.42 Å². The summed E-state index contributed by atoms with van der Waals surface area (Å²) in [6.45, 7) is 0. The fourth-order valence-electron chi connectivity index (χ4n) is 3.59. The monoisotopic (exact) mass is 261 g/mol. The Balaban J connectivity index is 2.21. The first-order chi connectivity index (χ1) is 9.24. The van der Waals surface area contributed by atoms with Crippen molar-refractivity contribution in [1.29, 1.82) is 0 Å². The van der Waals surface area contributed by atoms with Gasteiger partial charge in [0.2, 0.25) is 12.2 Å². The van der Waals surface area contributed by atoms with Crippen molar-refractivity contribution in [2.75, 3.05) is 0 Å². The number of isocyanates is 2. The maximum Gasteiger partial charge on any atom is 0.235 e. The molecule has 0 aliphatic heterocycles. The normalized spacial score (nSPS) is 24.8. The van der Waals surface area contributed by atoms with Crippen molar-refractivity contribution in [3.63, 3.8) is 0 Å². The maximum atomic E-state index is 10.8. The molecular formula is C15H21N2O2. The van der Waals surface area contributed by atoms with Crippen LogP contribution in [0.4, 0.5) is 0 Å². The van der Waals surface area contributed by atoms with Gasteiger partial charge in [-0.1, -0.05) is 38.5 Å². The first-order valence-electron chi connectivity index (χ1n) is 7.29. The van der Waals surface area contributed by atoms with E-state index in [1.807, 2.05) is 0 Å². The summed E-state index contributed by atoms with van der Waals surface area (Å²) in [5.41, 5.74) is -0.893. The summed E-state index contributed by atoms with van der Waals surface area (Å²) in [5, 5.41) is 0. The number of rotatable bonds is 4. The fourth-order valence-corrected chi connectivity index (χ4v) is 3.59. The Morgan fingerprint density at radius 3 is 1.37 bits per heavy atom. The molecule has 19 heavy (non-hydrogen) atoms. The summed E-state index contributed by atoms with van der Waals surface area (Å²) in [6.07, 6.45) is 15.7. The van der Waals surface area contributed by atoms with Crippen molar-refractivity contribution in [1.82, 2.24) is 0 Å². The lowest BCUT2D eigenvalue weighted by molar-refractivity contribution is 0.254. The molecule has 2 rings (SSSR count). The Morgan fingerprint density at radius 2 is 1.05 bits per heavy atom. The molecule has 103 valence electrons. The molecule has 0 N–H and O–H groups in total. The summed E-state index contributed by atoms with van der Waals surface area (Å²) in [4.78, 5) is 29.7. The van der Waals surface area contributed by atoms with Crippen molar-refractivity contribution in [3.8, 4) is 0 Å². The molecule has 0 spiro atoms. The second-order valence-electron chi connectivity index (χ2n) is 5.88. The van der Waals surface area contributed by atoms with E-state index in [2.05, 4.69) is 16.4 Å². The first-order valence-corrected chi connectivity index (χ1v) is 7.29. The molecule has 4 heteroatoms. The predicted molar refractivity (Wildman–Crippen MR) is 72.2 cm³/mol. The van der Waals surface area contributed by atoms with Crippen molar-refractivity contribution in [2.45, 2.75) is 75.3 Å². The number of carbonyl (C=O) groups excluding carboxylic acids is 2. The van der Waals surface area contributed by atoms with E-state index in [-0.39, 0.29) is 0 Å². The lowest BCUT2D eigenvalue weighted by Crippen LogP contribution is -2.42. The Bertz CT molecular complexity index is 356. The van der Waals surface area contributed by atoms with Gasteiger partial charge in [-0.25, -0.2) is 9.59 Å². The smallest absolute Gasteiger partial charge is 0.211 e. The molecule has 0 saturated heterocycles. The van der Waals surface area contributed by atoms with E-state index in [1.54, 1.807) is 12.2 Å². The van der Waals surface area contributed by atoms with Gasteiger partial charge in [0.1, 0.15) is 0 Å². The van der Waals surface area contributed by atoms with Crippen LogP contribution >= 0.6 is 0 Å². The lowest BCUT2D eigenvalue weighted by atomic mass is 9.69. The third-order valence-corrected chi connectivity index (χ3v) is 4.51. The van der Waals surface area contributed by atoms with E-state index in [4.69, 9.17) is 0 Å². The molecule has 0 bridgehead atoms. The highest BCUT2D eigenvalue weighted by Gasteiger charge is 2.43. The van der Waals surface area contributed by atoms with Gasteiger partial charge < -0.3 is 0 Å². The highest BCUT2D eigenvalue weighted by Crippen LogP contribution is 2.43. The number of nitrogens with zero attached hydrogens (tertiary/aromatic N) is 2. The zero-order valence-corrected chi connectivity index (χ0v) is 11.4. The molecule has 2 aliphatic rings. The quantitative estimate of drug-likeness (QED) is 0.576. The first kappa shape index (κ1) is 14.2. The Labute approximate surface area is 114 Å². The van der Waals surface area contributed by atoms with Crippen molar-refractivity contribution in [2.24, 2.45) is 9.98 Å². The molecule has 0 atom stereocenters. The highest BCUT2D eigenvalue weighted by molar-refractivity contribution is 5.39. The SMILES string of the molecule is O=C=NC1([CH]C2(N=C=O)CCCCC2)CCCCC1. The third kappa shape index (κ3) is 3.40. The number of aliphatic imine (C=N–C) groups is 2. The Morgan fingerprint density at radius 1 is 0.684 bits per heavy atom. The molecule has 2 saturated carbocycles. The molecule has 0 aromatic heterocycles. The largest absolute Gasteiger partial charge is 0.235 e. The average Bonchev–Trinajstić information content (AvgIpc) is 2.41. The van der Waals surface area contributed by atoms with Crippen LogP contribution in [0, 0.1) is 6.42 Å². The molecule has 0 amide bonds. The highest BCUT2D eigenvalue weighted by atomic mass is 16.1. The predicted octanol–water partition coefficient (Wildman–Crippen LogP) is 3.27. The maximum absolute atomic E-state index is 10.8. The van der Waals surface area contributed by atoms with E-state index < -0.39 is 11.1 Å². The van der Waals surface area contributed by atoms with E-state index >= 15 is 0 Å². The minimum absolute atomic E-state index is 0.447. The van der Waals surface area contributed by atoms with Crippen LogP contribution in [0.5, 0.6) is 0 Å². The van der Waals surface area contributed by atoms with Crippen LogP contribution < -0.4 is 0 Å². The summed E-state index contributed by atoms with van der Waals surface area (Å²) in [5.74, 6) is 0. The van der Waals surface area contributed by atoms with Crippen LogP contribution in [0.25, 0.3) is 0 Å². The van der Waals surface area contributed by atoms with E-state index in [9.17, 15) is 9.59 Å². The van der Waals surface area contributed by atoms with Crippen LogP contribution in [0.1, 0.15) is 64.2 Å². The zero-order valence-electron chi connectivity index (χ0n) is 11.4. The molecule has 0 heterocycles. The van der Waals surface area contributed by atoms with Gasteiger partial charge in [0, 0.05) is 6.42 Å². The van der Waals surface area contributed by atoms with Gasteiger partial charge >= 0.3 is 0 Å². The summed E-state index contributed by atoms with van der Waals surface area (Å²) < 4.78 is 0. The molecule has 2 fully saturated rings. The third-order valence-electron chi connectivity index (χ3n) is 4.51. The van der Waals surface area contributed by atoms with Gasteiger partial charge in [0.05, 0.1) is 11.1 Å². The molecule has 4 nitrogen and oxygen atoms in total. The van der Waals surface area contributed by atoms with E-state index in [1.165, 1.54) is 12.8 Å². The Kier molecular flexibility index (Phi) is 4.68. The van der Waals surface area contributed by atoms with Crippen molar-refractivity contribution >= 4 is 12.2 Å². The molecule has 0 aromatic carbocycles. The van der Waals surface area contributed by atoms with Gasteiger partial charge in [-0.2, -0.15) is 9.98 Å². The minimum Gasteiger partial charge on any atom is -0.211 e. The van der Waals surface area contributed by atoms with Crippen LogP contribution in [0.15, 0.2) is 9.98 Å². The summed E-state index contributed by atoms with van der Waals surface area (Å²) in [6, 6.07) is 0. The van der Waals surface area contributed by atoms with E-state index in [0.29, 0.717) is 0 Å². The standard InChI is InChI=1S/C15H21N2O2/c18-12-16-14(7-3-1-4-8-14)11-15(17-13-19)9-5-2-6-10-15/h11H,1-10H2. The van der Waals surface area contributed by atoms with Gasteiger partial charge in [0.25, 0.3) is 0 Å². The van der Waals surface area contributed by atoms with E-state index in [0.717, 1.165) is 51.4 Å². The number of hydrogen-bond acceptors (Lipinski definition) is 4. The Hall–Kier alpha value is -1.24. The number of hydrogen-bond donors (Lipinski definition) is 0. The average molecular weight is 261 g/mol. The van der Waals surface area contributed by atoms with Crippen LogP contribution in [-0.4, -0.2) is 23.2 Å². The lowest BCUT2D eigenvalue weighted by Gasteiger charge is -2.41. The summed E-state index contributed by atoms with van der Waals surface area (Å²) in [7, 11) is 0. The molecular weight excluding hydrogens is 240 g/mol. The van der Waals surface area contributed by atoms with Gasteiger partial charge in [-0.15, -0.1) is 0 Å². The van der Waals surface area contributed by atoms with Crippen molar-refractivity contribution < 1.29 is 9.59 Å². The van der Waals surface area contributed by atoms with Crippen LogP contribution in [-0.2, 0) is 9.59 Å². The summed E-state index contributed by atoms with van der Waals surface area (Å²) >= 11 is 0. The minimum atomic E-state index is -0.447. The topological polar surface area (TPSA) is 58.9 Å². The van der Waals surface area contributed by atoms with Gasteiger partial charge in [0.15, 0.2) is 0 Å². The van der Waals surface area contributed by atoms with Gasteiger partial charge in [-0.3, -0.25) is 0 Å². The van der Waals surface area contributed by atoms with Crippen LogP contribution in [0.3, 0.4) is 0 Å². The molecule has 1 radical (unpaired) electrons. The van der Waals surface area contributed by atoms with Crippen LogP contribution in [0.2, 0.25) is 0 Å². The fraction of sp³-hybridized carbons (Fsp3) is 0.800. The zero-order chi connectivity index (χ0) is 13.6. The molecule has 2 aliphatic carbocycles. The van der Waals surface area contributed by atoms with Gasteiger partial charge in [-0.05, 0) is 25.7 Å².